The number of nitrogen functional groups attached to an aromatic ring is 1. The van der Waals surface area contributed by atoms with E-state index in [0.717, 1.165) is 16.8 Å². The second-order valence-electron chi connectivity index (χ2n) is 2.85. The maximum Gasteiger partial charge on any atom is 0.417 e. The summed E-state index contributed by atoms with van der Waals surface area (Å²) >= 11 is 0. The molecule has 74 valence electrons. The van der Waals surface area contributed by atoms with Gasteiger partial charge in [-0.3, -0.25) is 0 Å². The molecule has 2 aromatic rings. The first-order valence-electron chi connectivity index (χ1n) is 3.79. The average molecular weight is 201 g/mol. The predicted octanol–water partition coefficient (Wildman–Crippen LogP) is 1.94. The molecule has 14 heavy (non-hydrogen) atoms. The monoisotopic (exact) mass is 201 g/mol. The Morgan fingerprint density at radius 3 is 2.64 bits per heavy atom. The van der Waals surface area contributed by atoms with E-state index >= 15 is 0 Å². The fraction of sp³-hybridized carbons (Fsp3) is 0.125. The molecular weight excluding hydrogens is 195 g/mol. The van der Waals surface area contributed by atoms with Gasteiger partial charge in [-0.25, -0.2) is 4.52 Å². The largest absolute Gasteiger partial charge is 0.417 e. The Morgan fingerprint density at radius 1 is 1.29 bits per heavy atom. The molecule has 2 rings (SSSR count). The summed E-state index contributed by atoms with van der Waals surface area (Å²) in [6.07, 6.45) is -3.44. The lowest BCUT2D eigenvalue weighted by molar-refractivity contribution is -0.137. The van der Waals surface area contributed by atoms with Gasteiger partial charge in [-0.15, -0.1) is 0 Å². The summed E-state index contributed by atoms with van der Waals surface area (Å²) in [4.78, 5) is 0. The molecule has 3 nitrogen and oxygen atoms in total. The summed E-state index contributed by atoms with van der Waals surface area (Å²) in [6.45, 7) is 0. The summed E-state index contributed by atoms with van der Waals surface area (Å²) in [7, 11) is 0. The zero-order chi connectivity index (χ0) is 10.3. The van der Waals surface area contributed by atoms with Crippen molar-refractivity contribution >= 4 is 11.3 Å². The first-order valence-corrected chi connectivity index (χ1v) is 3.79. The van der Waals surface area contributed by atoms with Crippen LogP contribution in [0.25, 0.3) is 5.52 Å². The molecule has 0 radical (unpaired) electrons. The van der Waals surface area contributed by atoms with Crippen LogP contribution >= 0.6 is 0 Å². The number of pyridine rings is 1. The maximum absolute atomic E-state index is 12.3. The number of halogens is 3. The van der Waals surface area contributed by atoms with Crippen LogP contribution in [0, 0.1) is 0 Å². The molecule has 0 aromatic carbocycles. The highest BCUT2D eigenvalue weighted by atomic mass is 19.4. The Labute approximate surface area is 76.9 Å². The van der Waals surface area contributed by atoms with Crippen LogP contribution in [-0.2, 0) is 6.18 Å². The van der Waals surface area contributed by atoms with E-state index in [1.165, 1.54) is 12.1 Å². The van der Waals surface area contributed by atoms with Crippen LogP contribution in [0.2, 0.25) is 0 Å². The molecule has 0 aliphatic heterocycles. The molecule has 2 N–H and O–H groups in total. The highest BCUT2D eigenvalue weighted by Gasteiger charge is 2.30. The lowest BCUT2D eigenvalue weighted by Gasteiger charge is -2.05. The smallest absolute Gasteiger partial charge is 0.382 e. The van der Waals surface area contributed by atoms with E-state index in [9.17, 15) is 13.2 Å². The van der Waals surface area contributed by atoms with Gasteiger partial charge in [0.1, 0.15) is 5.82 Å². The topological polar surface area (TPSA) is 43.3 Å². The maximum atomic E-state index is 12.3. The van der Waals surface area contributed by atoms with Crippen LogP contribution < -0.4 is 5.73 Å². The second-order valence-corrected chi connectivity index (χ2v) is 2.85. The van der Waals surface area contributed by atoms with Crippen LogP contribution in [0.15, 0.2) is 24.4 Å². The van der Waals surface area contributed by atoms with Gasteiger partial charge in [0.25, 0.3) is 0 Å². The molecule has 6 heteroatoms. The standard InChI is InChI=1S/C8H6F3N3/c9-8(10,11)5-1-2-6-3-7(12)13-14(6)4-5/h1-4H,(H2,12,13). The highest BCUT2D eigenvalue weighted by Crippen LogP contribution is 2.29. The lowest BCUT2D eigenvalue weighted by atomic mass is 10.2. The summed E-state index contributed by atoms with van der Waals surface area (Å²) < 4.78 is 37.9. The van der Waals surface area contributed by atoms with Crippen molar-refractivity contribution in [3.8, 4) is 0 Å². The van der Waals surface area contributed by atoms with Gasteiger partial charge in [0.15, 0.2) is 0 Å². The summed E-state index contributed by atoms with van der Waals surface area (Å²) in [5.74, 6) is 0.198. The van der Waals surface area contributed by atoms with Gasteiger partial charge in [-0.1, -0.05) is 0 Å². The van der Waals surface area contributed by atoms with E-state index in [1.807, 2.05) is 0 Å². The molecule has 0 saturated heterocycles. The Morgan fingerprint density at radius 2 is 2.00 bits per heavy atom. The normalized spacial score (nSPS) is 12.2. The van der Waals surface area contributed by atoms with Gasteiger partial charge in [0, 0.05) is 12.3 Å². The number of nitrogens with zero attached hydrogens (tertiary/aromatic N) is 2. The van der Waals surface area contributed by atoms with Crippen molar-refractivity contribution in [2.75, 3.05) is 5.73 Å². The third-order valence-corrected chi connectivity index (χ3v) is 1.81. The molecule has 0 saturated carbocycles. The molecule has 0 unspecified atom stereocenters. The fourth-order valence-corrected chi connectivity index (χ4v) is 1.17. The Bertz CT molecular complexity index is 472. The van der Waals surface area contributed by atoms with Crippen molar-refractivity contribution in [1.29, 1.82) is 0 Å². The van der Waals surface area contributed by atoms with Crippen molar-refractivity contribution < 1.29 is 13.2 Å². The first-order chi connectivity index (χ1) is 6.47. The number of rotatable bonds is 0. The summed E-state index contributed by atoms with van der Waals surface area (Å²) in [5, 5.41) is 3.68. The number of nitrogens with two attached hydrogens (primary N) is 1. The number of aromatic nitrogens is 2. The van der Waals surface area contributed by atoms with Gasteiger partial charge in [0.2, 0.25) is 0 Å². The fourth-order valence-electron chi connectivity index (χ4n) is 1.17. The summed E-state index contributed by atoms with van der Waals surface area (Å²) in [6, 6.07) is 3.82. The average Bonchev–Trinajstić information content (AvgIpc) is 2.41. The Hall–Kier alpha value is -1.72. The first kappa shape index (κ1) is 8.86. The lowest BCUT2D eigenvalue weighted by Crippen LogP contribution is -2.06. The molecule has 0 amide bonds. The molecule has 2 aromatic heterocycles. The minimum atomic E-state index is -4.35. The molecular formula is C8H6F3N3. The number of anilines is 1. The minimum Gasteiger partial charge on any atom is -0.382 e. The van der Waals surface area contributed by atoms with Gasteiger partial charge in [0.05, 0.1) is 11.1 Å². The minimum absolute atomic E-state index is 0.198. The zero-order valence-electron chi connectivity index (χ0n) is 6.92. The van der Waals surface area contributed by atoms with Crippen LogP contribution in [0.3, 0.4) is 0 Å². The Kier molecular flexibility index (Phi) is 1.67. The third-order valence-electron chi connectivity index (χ3n) is 1.81. The molecule has 0 aliphatic carbocycles. The number of hydrogen-bond acceptors (Lipinski definition) is 2. The number of alkyl halides is 3. The van der Waals surface area contributed by atoms with E-state index < -0.39 is 11.7 Å². The van der Waals surface area contributed by atoms with Crippen molar-refractivity contribution in [1.82, 2.24) is 9.61 Å². The molecule has 2 heterocycles. The molecule has 0 atom stereocenters. The van der Waals surface area contributed by atoms with Crippen molar-refractivity contribution in [2.24, 2.45) is 0 Å². The molecule has 0 bridgehead atoms. The third kappa shape index (κ3) is 1.39. The van der Waals surface area contributed by atoms with Crippen LogP contribution in [0.1, 0.15) is 5.56 Å². The molecule has 0 aliphatic rings. The second kappa shape index (κ2) is 2.63. The van der Waals surface area contributed by atoms with Gasteiger partial charge in [-0.2, -0.15) is 18.3 Å². The van der Waals surface area contributed by atoms with E-state index in [2.05, 4.69) is 5.10 Å². The predicted molar refractivity (Wildman–Crippen MR) is 44.6 cm³/mol. The highest BCUT2D eigenvalue weighted by molar-refractivity contribution is 5.54. The Balaban J connectivity index is 2.62. The van der Waals surface area contributed by atoms with Crippen LogP contribution in [-0.4, -0.2) is 9.61 Å². The quantitative estimate of drug-likeness (QED) is 0.707. The number of fused-ring (bicyclic) bond motifs is 1. The van der Waals surface area contributed by atoms with Crippen molar-refractivity contribution in [2.45, 2.75) is 6.18 Å². The van der Waals surface area contributed by atoms with Gasteiger partial charge < -0.3 is 5.73 Å². The van der Waals surface area contributed by atoms with E-state index in [1.54, 1.807) is 0 Å². The van der Waals surface area contributed by atoms with Crippen LogP contribution in [0.4, 0.5) is 19.0 Å². The summed E-state index contributed by atoms with van der Waals surface area (Å²) in [5.41, 5.74) is 5.13. The van der Waals surface area contributed by atoms with E-state index in [-0.39, 0.29) is 5.82 Å². The van der Waals surface area contributed by atoms with E-state index in [0.29, 0.717) is 5.52 Å². The molecule has 0 fully saturated rings. The van der Waals surface area contributed by atoms with Crippen molar-refractivity contribution in [3.63, 3.8) is 0 Å². The SMILES string of the molecule is Nc1cc2ccc(C(F)(F)F)cn2n1. The van der Waals surface area contributed by atoms with Gasteiger partial charge >= 0.3 is 6.18 Å². The van der Waals surface area contributed by atoms with E-state index in [4.69, 9.17) is 5.73 Å². The molecule has 0 spiro atoms. The van der Waals surface area contributed by atoms with Crippen molar-refractivity contribution in [3.05, 3.63) is 30.0 Å². The van der Waals surface area contributed by atoms with Crippen LogP contribution in [0.5, 0.6) is 0 Å². The zero-order valence-corrected chi connectivity index (χ0v) is 6.92. The number of hydrogen-bond donors (Lipinski definition) is 1. The van der Waals surface area contributed by atoms with Gasteiger partial charge in [-0.05, 0) is 12.1 Å².